The van der Waals surface area contributed by atoms with E-state index in [0.29, 0.717) is 0 Å². The maximum Gasteiger partial charge on any atom is 0.0897 e. The highest BCUT2D eigenvalue weighted by Crippen LogP contribution is 2.44. The Hall–Kier alpha value is -1.78. The summed E-state index contributed by atoms with van der Waals surface area (Å²) in [6, 6.07) is 9.73. The molecular weight excluding hydrogens is 344 g/mol. The first-order chi connectivity index (χ1) is 13.5. The van der Waals surface area contributed by atoms with Gasteiger partial charge >= 0.3 is 0 Å². The SMILES string of the molecule is CCCC1=C(CCC)C(N)(CCC)C(N)C(CCC)=C1N=Nc1ccccc1. The van der Waals surface area contributed by atoms with E-state index in [4.69, 9.17) is 16.6 Å². The molecule has 0 amide bonds. The van der Waals surface area contributed by atoms with E-state index >= 15 is 0 Å². The Bertz CT molecular complexity index is 717. The van der Waals surface area contributed by atoms with Crippen LogP contribution in [0.2, 0.25) is 0 Å². The highest BCUT2D eigenvalue weighted by molar-refractivity contribution is 5.51. The van der Waals surface area contributed by atoms with Gasteiger partial charge in [-0.3, -0.25) is 0 Å². The van der Waals surface area contributed by atoms with Crippen LogP contribution in [0.1, 0.15) is 79.1 Å². The molecule has 1 aromatic rings. The van der Waals surface area contributed by atoms with Crippen LogP contribution in [0.4, 0.5) is 5.69 Å². The van der Waals surface area contributed by atoms with Crippen molar-refractivity contribution in [3.05, 3.63) is 52.7 Å². The summed E-state index contributed by atoms with van der Waals surface area (Å²) in [6.07, 6.45) is 7.94. The molecule has 0 saturated carbocycles. The van der Waals surface area contributed by atoms with Crippen LogP contribution < -0.4 is 11.5 Å². The number of allylic oxidation sites excluding steroid dienone is 1. The van der Waals surface area contributed by atoms with Gasteiger partial charge in [0.2, 0.25) is 0 Å². The van der Waals surface area contributed by atoms with Gasteiger partial charge in [-0.05, 0) is 54.5 Å². The maximum absolute atomic E-state index is 7.06. The van der Waals surface area contributed by atoms with E-state index < -0.39 is 5.54 Å². The summed E-state index contributed by atoms with van der Waals surface area (Å²) in [5.41, 5.74) is 19.1. The Morgan fingerprint density at radius 2 is 1.50 bits per heavy atom. The molecule has 0 aromatic heterocycles. The second kappa shape index (κ2) is 10.7. The zero-order valence-corrected chi connectivity index (χ0v) is 18.2. The van der Waals surface area contributed by atoms with Crippen molar-refractivity contribution >= 4 is 5.69 Å². The molecule has 0 aliphatic heterocycles. The third-order valence-electron chi connectivity index (χ3n) is 5.65. The Labute approximate surface area is 171 Å². The van der Waals surface area contributed by atoms with Crippen molar-refractivity contribution in [2.45, 2.75) is 90.6 Å². The molecule has 4 heteroatoms. The lowest BCUT2D eigenvalue weighted by Gasteiger charge is -2.44. The minimum atomic E-state index is -0.467. The van der Waals surface area contributed by atoms with Crippen LogP contribution in [0.25, 0.3) is 0 Å². The fraction of sp³-hybridized carbons (Fsp3) is 0.583. The number of hydrogen-bond donors (Lipinski definition) is 2. The van der Waals surface area contributed by atoms with Crippen LogP contribution >= 0.6 is 0 Å². The zero-order valence-electron chi connectivity index (χ0n) is 18.2. The zero-order chi connectivity index (χ0) is 20.6. The molecule has 4 nitrogen and oxygen atoms in total. The maximum atomic E-state index is 7.06. The first kappa shape index (κ1) is 22.5. The van der Waals surface area contributed by atoms with Gasteiger partial charge in [-0.15, -0.1) is 0 Å². The van der Waals surface area contributed by atoms with E-state index in [1.54, 1.807) is 0 Å². The number of rotatable bonds is 10. The third kappa shape index (κ3) is 4.79. The van der Waals surface area contributed by atoms with Gasteiger partial charge in [0.1, 0.15) is 0 Å². The van der Waals surface area contributed by atoms with Gasteiger partial charge in [-0.2, -0.15) is 10.2 Å². The standard InChI is InChI=1S/C24H38N4/c1-5-12-19-21(14-7-3)24(26,17-8-4)23(25)20(13-6-2)22(19)28-27-18-15-10-9-11-16-18/h9-11,15-16,23H,5-8,12-14,17,25-26H2,1-4H3. The summed E-state index contributed by atoms with van der Waals surface area (Å²) in [4.78, 5) is 0. The summed E-state index contributed by atoms with van der Waals surface area (Å²) in [7, 11) is 0. The molecule has 154 valence electrons. The molecule has 0 spiro atoms. The Balaban J connectivity index is 2.66. The predicted molar refractivity (Wildman–Crippen MR) is 120 cm³/mol. The fourth-order valence-corrected chi connectivity index (χ4v) is 4.41. The normalized spacial score (nSPS) is 23.1. The average molecular weight is 383 g/mol. The molecule has 0 radical (unpaired) electrons. The summed E-state index contributed by atoms with van der Waals surface area (Å²) in [5, 5.41) is 9.33. The van der Waals surface area contributed by atoms with Crippen molar-refractivity contribution in [3.8, 4) is 0 Å². The van der Waals surface area contributed by atoms with Gasteiger partial charge < -0.3 is 11.5 Å². The molecule has 1 aliphatic carbocycles. The van der Waals surface area contributed by atoms with Gasteiger partial charge in [-0.25, -0.2) is 0 Å². The van der Waals surface area contributed by atoms with Crippen LogP contribution in [-0.4, -0.2) is 11.6 Å². The van der Waals surface area contributed by atoms with Crippen LogP contribution in [0.15, 0.2) is 63.0 Å². The summed E-state index contributed by atoms with van der Waals surface area (Å²) in [6.45, 7) is 8.81. The second-order valence-corrected chi connectivity index (χ2v) is 7.88. The van der Waals surface area contributed by atoms with E-state index in [9.17, 15) is 0 Å². The van der Waals surface area contributed by atoms with Gasteiger partial charge in [0.15, 0.2) is 0 Å². The van der Waals surface area contributed by atoms with Crippen molar-refractivity contribution < 1.29 is 0 Å². The molecule has 2 rings (SSSR count). The molecule has 0 bridgehead atoms. The van der Waals surface area contributed by atoms with Crippen molar-refractivity contribution in [3.63, 3.8) is 0 Å². The minimum Gasteiger partial charge on any atom is -0.322 e. The molecule has 0 heterocycles. The smallest absolute Gasteiger partial charge is 0.0897 e. The van der Waals surface area contributed by atoms with E-state index in [1.165, 1.54) is 16.7 Å². The second-order valence-electron chi connectivity index (χ2n) is 7.88. The highest BCUT2D eigenvalue weighted by atomic mass is 15.1. The van der Waals surface area contributed by atoms with E-state index in [-0.39, 0.29) is 6.04 Å². The molecule has 2 atom stereocenters. The molecule has 0 fully saturated rings. The number of benzene rings is 1. The van der Waals surface area contributed by atoms with E-state index in [1.807, 2.05) is 30.3 Å². The van der Waals surface area contributed by atoms with Crippen LogP contribution in [-0.2, 0) is 0 Å². The van der Waals surface area contributed by atoms with Gasteiger partial charge in [0.05, 0.1) is 23.0 Å². The fourth-order valence-electron chi connectivity index (χ4n) is 4.41. The molecule has 1 aliphatic rings. The minimum absolute atomic E-state index is 0.195. The first-order valence-electron chi connectivity index (χ1n) is 11.0. The molecular formula is C24H38N4. The van der Waals surface area contributed by atoms with Crippen molar-refractivity contribution in [1.29, 1.82) is 0 Å². The Morgan fingerprint density at radius 3 is 2.07 bits per heavy atom. The molecule has 1 aromatic carbocycles. The van der Waals surface area contributed by atoms with Gasteiger partial charge in [-0.1, -0.05) is 71.6 Å². The monoisotopic (exact) mass is 382 g/mol. The number of nitrogens with zero attached hydrogens (tertiary/aromatic N) is 2. The van der Waals surface area contributed by atoms with Crippen LogP contribution in [0, 0.1) is 0 Å². The lowest BCUT2D eigenvalue weighted by molar-refractivity contribution is 0.368. The number of nitrogens with two attached hydrogens (primary N) is 2. The highest BCUT2D eigenvalue weighted by Gasteiger charge is 2.43. The quantitative estimate of drug-likeness (QED) is 0.449. The van der Waals surface area contributed by atoms with Crippen molar-refractivity contribution in [1.82, 2.24) is 0 Å². The number of azo groups is 1. The molecule has 4 N–H and O–H groups in total. The Kier molecular flexibility index (Phi) is 8.58. The summed E-state index contributed by atoms with van der Waals surface area (Å²) < 4.78 is 0. The van der Waals surface area contributed by atoms with Crippen LogP contribution in [0.5, 0.6) is 0 Å². The molecule has 2 unspecified atom stereocenters. The van der Waals surface area contributed by atoms with E-state index in [0.717, 1.165) is 62.8 Å². The summed E-state index contributed by atoms with van der Waals surface area (Å²) >= 11 is 0. The summed E-state index contributed by atoms with van der Waals surface area (Å²) in [5.74, 6) is 0. The van der Waals surface area contributed by atoms with Crippen molar-refractivity contribution in [2.24, 2.45) is 21.7 Å². The predicted octanol–water partition coefficient (Wildman–Crippen LogP) is 6.56. The van der Waals surface area contributed by atoms with E-state index in [2.05, 4.69) is 32.8 Å². The lowest BCUT2D eigenvalue weighted by atomic mass is 9.67. The lowest BCUT2D eigenvalue weighted by Crippen LogP contribution is -2.59. The molecule has 0 saturated heterocycles. The number of hydrogen-bond acceptors (Lipinski definition) is 4. The molecule has 28 heavy (non-hydrogen) atoms. The van der Waals surface area contributed by atoms with Gasteiger partial charge in [0, 0.05) is 0 Å². The van der Waals surface area contributed by atoms with Gasteiger partial charge in [0.25, 0.3) is 0 Å². The van der Waals surface area contributed by atoms with Crippen LogP contribution in [0.3, 0.4) is 0 Å². The topological polar surface area (TPSA) is 76.8 Å². The van der Waals surface area contributed by atoms with Crippen molar-refractivity contribution in [2.75, 3.05) is 0 Å². The first-order valence-corrected chi connectivity index (χ1v) is 11.0. The Morgan fingerprint density at radius 1 is 0.857 bits per heavy atom. The third-order valence-corrected chi connectivity index (χ3v) is 5.65. The largest absolute Gasteiger partial charge is 0.322 e. The average Bonchev–Trinajstić information content (AvgIpc) is 2.70.